The second-order valence-corrected chi connectivity index (χ2v) is 4.73. The van der Waals surface area contributed by atoms with Gasteiger partial charge < -0.3 is 10.5 Å². The normalized spacial score (nSPS) is 13.1. The van der Waals surface area contributed by atoms with E-state index >= 15 is 0 Å². The van der Waals surface area contributed by atoms with E-state index in [9.17, 15) is 8.78 Å². The Hall–Kier alpha value is -0.710. The van der Waals surface area contributed by atoms with Crippen molar-refractivity contribution in [2.75, 3.05) is 13.2 Å². The molecular formula is C13H18ClF2NO. The summed E-state index contributed by atoms with van der Waals surface area (Å²) in [7, 11) is 0. The van der Waals surface area contributed by atoms with E-state index in [1.807, 2.05) is 26.0 Å². The molecule has 0 fully saturated rings. The second-order valence-electron chi connectivity index (χ2n) is 4.32. The third-order valence-electron chi connectivity index (χ3n) is 2.76. The van der Waals surface area contributed by atoms with Crippen molar-refractivity contribution in [3.8, 4) is 0 Å². The van der Waals surface area contributed by atoms with Gasteiger partial charge >= 0.3 is 0 Å². The molecule has 1 aromatic rings. The van der Waals surface area contributed by atoms with Gasteiger partial charge in [0.2, 0.25) is 0 Å². The Morgan fingerprint density at radius 1 is 1.28 bits per heavy atom. The van der Waals surface area contributed by atoms with Gasteiger partial charge in [0, 0.05) is 17.7 Å². The van der Waals surface area contributed by atoms with E-state index in [-0.39, 0.29) is 12.6 Å². The van der Waals surface area contributed by atoms with Crippen LogP contribution in [0.2, 0.25) is 5.02 Å². The molecule has 0 bridgehead atoms. The molecule has 1 rings (SSSR count). The quantitative estimate of drug-likeness (QED) is 0.806. The average Bonchev–Trinajstić information content (AvgIpc) is 2.28. The molecule has 18 heavy (non-hydrogen) atoms. The van der Waals surface area contributed by atoms with Gasteiger partial charge in [-0.1, -0.05) is 17.7 Å². The lowest BCUT2D eigenvalue weighted by atomic mass is 9.97. The van der Waals surface area contributed by atoms with Crippen LogP contribution >= 0.6 is 11.6 Å². The maximum absolute atomic E-state index is 11.9. The minimum Gasteiger partial charge on any atom is -0.375 e. The van der Waals surface area contributed by atoms with Gasteiger partial charge in [0.15, 0.2) is 0 Å². The summed E-state index contributed by atoms with van der Waals surface area (Å²) in [6, 6.07) is 3.58. The molecular weight excluding hydrogens is 260 g/mol. The van der Waals surface area contributed by atoms with E-state index in [1.165, 1.54) is 0 Å². The number of rotatable bonds is 6. The first-order valence-corrected chi connectivity index (χ1v) is 6.17. The number of hydrogen-bond donors (Lipinski definition) is 1. The average molecular weight is 278 g/mol. The molecule has 102 valence electrons. The number of nitrogens with two attached hydrogens (primary N) is 1. The molecule has 0 radical (unpaired) electrons. The van der Waals surface area contributed by atoms with E-state index in [2.05, 4.69) is 0 Å². The Kier molecular flexibility index (Phi) is 5.99. The Morgan fingerprint density at radius 2 is 1.94 bits per heavy atom. The first kappa shape index (κ1) is 15.3. The van der Waals surface area contributed by atoms with Crippen LogP contribution < -0.4 is 5.73 Å². The molecule has 0 saturated heterocycles. The van der Waals surface area contributed by atoms with Gasteiger partial charge in [-0.3, -0.25) is 0 Å². The number of hydrogen-bond acceptors (Lipinski definition) is 2. The van der Waals surface area contributed by atoms with Gasteiger partial charge in [0.1, 0.15) is 6.61 Å². The summed E-state index contributed by atoms with van der Waals surface area (Å²) in [5.41, 5.74) is 8.97. The SMILES string of the molecule is Cc1cc(C(N)CCOCC(F)F)c(C)cc1Cl. The van der Waals surface area contributed by atoms with Gasteiger partial charge in [0.05, 0.1) is 0 Å². The van der Waals surface area contributed by atoms with Gasteiger partial charge in [-0.05, 0) is 43.0 Å². The monoisotopic (exact) mass is 277 g/mol. The molecule has 1 atom stereocenters. The minimum atomic E-state index is -2.43. The van der Waals surface area contributed by atoms with Crippen molar-refractivity contribution in [2.24, 2.45) is 5.73 Å². The minimum absolute atomic E-state index is 0.223. The summed E-state index contributed by atoms with van der Waals surface area (Å²) in [5.74, 6) is 0. The molecule has 0 aromatic heterocycles. The lowest BCUT2D eigenvalue weighted by molar-refractivity contribution is 0.0152. The van der Waals surface area contributed by atoms with Crippen LogP contribution in [0.5, 0.6) is 0 Å². The van der Waals surface area contributed by atoms with E-state index in [4.69, 9.17) is 22.1 Å². The predicted octanol–water partition coefficient (Wildman–Crippen LogP) is 3.63. The van der Waals surface area contributed by atoms with Crippen molar-refractivity contribution in [3.63, 3.8) is 0 Å². The highest BCUT2D eigenvalue weighted by molar-refractivity contribution is 6.31. The highest BCUT2D eigenvalue weighted by Crippen LogP contribution is 2.25. The highest BCUT2D eigenvalue weighted by Gasteiger charge is 2.11. The lowest BCUT2D eigenvalue weighted by Crippen LogP contribution is -2.16. The maximum Gasteiger partial charge on any atom is 0.261 e. The molecule has 0 aliphatic carbocycles. The molecule has 0 aliphatic heterocycles. The van der Waals surface area contributed by atoms with Crippen LogP contribution in [-0.2, 0) is 4.74 Å². The zero-order chi connectivity index (χ0) is 13.7. The largest absolute Gasteiger partial charge is 0.375 e. The Balaban J connectivity index is 2.56. The van der Waals surface area contributed by atoms with Crippen LogP contribution in [0.25, 0.3) is 0 Å². The van der Waals surface area contributed by atoms with Gasteiger partial charge in [-0.25, -0.2) is 8.78 Å². The lowest BCUT2D eigenvalue weighted by Gasteiger charge is -2.16. The molecule has 2 N–H and O–H groups in total. The third kappa shape index (κ3) is 4.52. The fraction of sp³-hybridized carbons (Fsp3) is 0.538. The molecule has 1 unspecified atom stereocenters. The number of halogens is 3. The van der Waals surface area contributed by atoms with Crippen LogP contribution in [0.1, 0.15) is 29.2 Å². The van der Waals surface area contributed by atoms with Gasteiger partial charge in [-0.2, -0.15) is 0 Å². The van der Waals surface area contributed by atoms with Crippen LogP contribution in [0, 0.1) is 13.8 Å². The van der Waals surface area contributed by atoms with Crippen molar-refractivity contribution in [2.45, 2.75) is 32.7 Å². The van der Waals surface area contributed by atoms with E-state index in [1.54, 1.807) is 0 Å². The molecule has 2 nitrogen and oxygen atoms in total. The van der Waals surface area contributed by atoms with Crippen LogP contribution in [-0.4, -0.2) is 19.6 Å². The maximum atomic E-state index is 11.9. The van der Waals surface area contributed by atoms with Crippen molar-refractivity contribution in [1.82, 2.24) is 0 Å². The summed E-state index contributed by atoms with van der Waals surface area (Å²) >= 11 is 6.00. The third-order valence-corrected chi connectivity index (χ3v) is 3.17. The fourth-order valence-electron chi connectivity index (χ4n) is 1.74. The van der Waals surface area contributed by atoms with Gasteiger partial charge in [0.25, 0.3) is 6.43 Å². The summed E-state index contributed by atoms with van der Waals surface area (Å²) in [4.78, 5) is 0. The molecule has 0 saturated carbocycles. The Bertz CT molecular complexity index is 399. The Morgan fingerprint density at radius 3 is 2.56 bits per heavy atom. The number of aryl methyl sites for hydroxylation is 2. The zero-order valence-corrected chi connectivity index (χ0v) is 11.3. The van der Waals surface area contributed by atoms with Crippen molar-refractivity contribution >= 4 is 11.6 Å². The highest BCUT2D eigenvalue weighted by atomic mass is 35.5. The number of alkyl halides is 2. The smallest absolute Gasteiger partial charge is 0.261 e. The summed E-state index contributed by atoms with van der Waals surface area (Å²) in [5, 5.41) is 0.706. The second kappa shape index (κ2) is 7.02. The topological polar surface area (TPSA) is 35.2 Å². The number of ether oxygens (including phenoxy) is 1. The van der Waals surface area contributed by atoms with Crippen LogP contribution in [0.4, 0.5) is 8.78 Å². The van der Waals surface area contributed by atoms with Crippen molar-refractivity contribution < 1.29 is 13.5 Å². The molecule has 0 spiro atoms. The molecule has 1 aromatic carbocycles. The summed E-state index contributed by atoms with van der Waals surface area (Å²) < 4.78 is 28.6. The first-order chi connectivity index (χ1) is 8.41. The van der Waals surface area contributed by atoms with Crippen molar-refractivity contribution in [1.29, 1.82) is 0 Å². The predicted molar refractivity (Wildman–Crippen MR) is 69.3 cm³/mol. The molecule has 0 aliphatic rings. The van der Waals surface area contributed by atoms with Gasteiger partial charge in [-0.15, -0.1) is 0 Å². The Labute approximate surface area is 111 Å². The van der Waals surface area contributed by atoms with E-state index < -0.39 is 13.0 Å². The number of benzene rings is 1. The standard InChI is InChI=1S/C13H18ClF2NO/c1-8-6-11(14)9(2)5-10(8)12(17)3-4-18-7-13(15)16/h5-6,12-13H,3-4,7,17H2,1-2H3. The van der Waals surface area contributed by atoms with E-state index in [0.717, 1.165) is 16.7 Å². The van der Waals surface area contributed by atoms with Crippen LogP contribution in [0.15, 0.2) is 12.1 Å². The summed E-state index contributed by atoms with van der Waals surface area (Å²) in [6.07, 6.45) is -1.92. The first-order valence-electron chi connectivity index (χ1n) is 5.80. The van der Waals surface area contributed by atoms with Crippen LogP contribution in [0.3, 0.4) is 0 Å². The molecule has 0 heterocycles. The molecule has 5 heteroatoms. The molecule has 0 amide bonds. The van der Waals surface area contributed by atoms with E-state index in [0.29, 0.717) is 11.4 Å². The van der Waals surface area contributed by atoms with Crippen molar-refractivity contribution in [3.05, 3.63) is 33.8 Å². The summed E-state index contributed by atoms with van der Waals surface area (Å²) in [6.45, 7) is 3.53. The fourth-order valence-corrected chi connectivity index (χ4v) is 1.96. The zero-order valence-electron chi connectivity index (χ0n) is 10.6.